The summed E-state index contributed by atoms with van der Waals surface area (Å²) in [5.41, 5.74) is 13.4. The monoisotopic (exact) mass is 728 g/mol. The van der Waals surface area contributed by atoms with Gasteiger partial charge in [-0.2, -0.15) is 0 Å². The zero-order valence-corrected chi connectivity index (χ0v) is 31.5. The normalized spacial score (nSPS) is 12.8. The number of benzene rings is 8. The molecule has 2 N–H and O–H groups in total. The Kier molecular flexibility index (Phi) is 9.08. The molecular formula is C55H40N2. The van der Waals surface area contributed by atoms with Crippen molar-refractivity contribution in [3.05, 3.63) is 253 Å². The smallest absolute Gasteiger partial charge is 0.0713 e. The number of nitrogens with one attached hydrogen (secondary N) is 2. The van der Waals surface area contributed by atoms with E-state index in [9.17, 15) is 5.41 Å². The van der Waals surface area contributed by atoms with Gasteiger partial charge in [0.1, 0.15) is 0 Å². The van der Waals surface area contributed by atoms with Crippen LogP contribution in [-0.4, -0.2) is 11.4 Å². The Balaban J connectivity index is 1.33. The third kappa shape index (κ3) is 5.91. The van der Waals surface area contributed by atoms with Crippen molar-refractivity contribution < 1.29 is 0 Å². The molecule has 1 aliphatic carbocycles. The highest BCUT2D eigenvalue weighted by Gasteiger charge is 2.46. The van der Waals surface area contributed by atoms with Gasteiger partial charge in [0.25, 0.3) is 0 Å². The van der Waals surface area contributed by atoms with Crippen LogP contribution in [0.4, 0.5) is 0 Å². The summed E-state index contributed by atoms with van der Waals surface area (Å²) >= 11 is 0. The van der Waals surface area contributed by atoms with Gasteiger partial charge in [0.15, 0.2) is 0 Å². The van der Waals surface area contributed by atoms with Gasteiger partial charge in [-0.1, -0.05) is 195 Å². The Hall–Kier alpha value is -7.42. The number of hydrogen-bond acceptors (Lipinski definition) is 2. The highest BCUT2D eigenvalue weighted by atomic mass is 14.5. The zero-order valence-electron chi connectivity index (χ0n) is 31.5. The average molecular weight is 729 g/mol. The third-order valence-corrected chi connectivity index (χ3v) is 11.3. The predicted octanol–water partition coefficient (Wildman–Crippen LogP) is 13.9. The van der Waals surface area contributed by atoms with Crippen molar-refractivity contribution in [2.45, 2.75) is 5.41 Å². The van der Waals surface area contributed by atoms with Crippen LogP contribution in [0, 0.1) is 10.8 Å². The second-order valence-electron chi connectivity index (χ2n) is 14.5. The van der Waals surface area contributed by atoms with Crippen LogP contribution in [0.5, 0.6) is 0 Å². The van der Waals surface area contributed by atoms with Gasteiger partial charge in [0.2, 0.25) is 0 Å². The SMILES string of the molecule is C=C/C=C\C(=N)C(=C)/C=C\C(=N)c1ccc2c(-c3ccccc3)c3ccccc3c(-c3ccc4c(c3)C(c3ccccc3)(c3ccccc3)c3ccccc3-4)c2c1. The average Bonchev–Trinajstić information content (AvgIpc) is 3.57. The van der Waals surface area contributed by atoms with E-state index in [-0.39, 0.29) is 5.71 Å². The molecule has 0 atom stereocenters. The highest BCUT2D eigenvalue weighted by molar-refractivity contribution is 6.23. The van der Waals surface area contributed by atoms with Crippen molar-refractivity contribution in [3.8, 4) is 33.4 Å². The summed E-state index contributed by atoms with van der Waals surface area (Å²) in [5, 5.41) is 22.1. The Morgan fingerprint density at radius 1 is 0.474 bits per heavy atom. The molecule has 0 spiro atoms. The van der Waals surface area contributed by atoms with Crippen LogP contribution in [0.1, 0.15) is 27.8 Å². The molecule has 0 fully saturated rings. The molecule has 0 saturated heterocycles. The van der Waals surface area contributed by atoms with Crippen molar-refractivity contribution in [1.29, 1.82) is 10.8 Å². The van der Waals surface area contributed by atoms with Crippen LogP contribution in [-0.2, 0) is 5.41 Å². The third-order valence-electron chi connectivity index (χ3n) is 11.3. The Morgan fingerprint density at radius 3 is 1.70 bits per heavy atom. The van der Waals surface area contributed by atoms with Crippen molar-refractivity contribution >= 4 is 33.0 Å². The second kappa shape index (κ2) is 14.7. The molecule has 0 radical (unpaired) electrons. The number of rotatable bonds is 10. The van der Waals surface area contributed by atoms with Crippen LogP contribution in [0.25, 0.3) is 54.9 Å². The molecule has 57 heavy (non-hydrogen) atoms. The summed E-state index contributed by atoms with van der Waals surface area (Å²) in [7, 11) is 0. The summed E-state index contributed by atoms with van der Waals surface area (Å²) in [4.78, 5) is 0. The molecule has 270 valence electrons. The van der Waals surface area contributed by atoms with E-state index in [1.165, 1.54) is 44.3 Å². The maximum atomic E-state index is 9.22. The van der Waals surface area contributed by atoms with Gasteiger partial charge < -0.3 is 10.8 Å². The Morgan fingerprint density at radius 2 is 1.04 bits per heavy atom. The van der Waals surface area contributed by atoms with Gasteiger partial charge in [0, 0.05) is 5.56 Å². The summed E-state index contributed by atoms with van der Waals surface area (Å²) in [5.74, 6) is 0. The minimum absolute atomic E-state index is 0.277. The van der Waals surface area contributed by atoms with Crippen LogP contribution >= 0.6 is 0 Å². The van der Waals surface area contributed by atoms with Crippen LogP contribution in [0.15, 0.2) is 225 Å². The number of fused-ring (bicyclic) bond motifs is 5. The Bertz CT molecular complexity index is 2910. The van der Waals surface area contributed by atoms with Gasteiger partial charge >= 0.3 is 0 Å². The Labute approximate surface area is 334 Å². The largest absolute Gasteiger partial charge is 0.300 e. The minimum Gasteiger partial charge on any atom is -0.300 e. The fourth-order valence-corrected chi connectivity index (χ4v) is 8.81. The predicted molar refractivity (Wildman–Crippen MR) is 242 cm³/mol. The standard InChI is InChI=1S/C55H40N2/c1-3-4-28-51(56)37(2)29-34-52(57)39-30-33-47-48(35-39)54(46-26-15-14-25-45(46)53(47)38-18-8-5-9-19-38)40-31-32-44-43-24-16-17-27-49(43)55(50(44)36-40,41-20-10-6-11-21-41)42-22-12-7-13-23-42/h3-36,56-57H,1-2H2/b28-4-,34-29-,56-51?,57-52?. The molecule has 0 saturated carbocycles. The van der Waals surface area contributed by atoms with Crippen LogP contribution in [0.3, 0.4) is 0 Å². The van der Waals surface area contributed by atoms with Crippen LogP contribution < -0.4 is 0 Å². The quantitative estimate of drug-likeness (QED) is 0.0800. The minimum atomic E-state index is -0.533. The van der Waals surface area contributed by atoms with E-state index in [0.29, 0.717) is 11.3 Å². The van der Waals surface area contributed by atoms with E-state index in [4.69, 9.17) is 5.41 Å². The molecule has 2 nitrogen and oxygen atoms in total. The maximum Gasteiger partial charge on any atom is 0.0713 e. The van der Waals surface area contributed by atoms with E-state index in [0.717, 1.165) is 38.4 Å². The summed E-state index contributed by atoms with van der Waals surface area (Å²) in [6.07, 6.45) is 8.48. The molecule has 8 aromatic rings. The van der Waals surface area contributed by atoms with E-state index < -0.39 is 5.41 Å². The molecule has 1 aliphatic rings. The topological polar surface area (TPSA) is 47.7 Å². The maximum absolute atomic E-state index is 9.22. The first-order valence-electron chi connectivity index (χ1n) is 19.2. The first-order chi connectivity index (χ1) is 28.0. The van der Waals surface area contributed by atoms with E-state index in [1.54, 1.807) is 30.4 Å². The summed E-state index contributed by atoms with van der Waals surface area (Å²) in [6, 6.07) is 63.5. The lowest BCUT2D eigenvalue weighted by atomic mass is 9.67. The molecule has 2 heteroatoms. The zero-order chi connectivity index (χ0) is 38.9. The number of hydrogen-bond donors (Lipinski definition) is 2. The van der Waals surface area contributed by atoms with E-state index in [1.807, 2.05) is 6.07 Å². The van der Waals surface area contributed by atoms with Gasteiger partial charge in [-0.3, -0.25) is 0 Å². The molecule has 9 rings (SSSR count). The van der Waals surface area contributed by atoms with Crippen molar-refractivity contribution in [2.75, 3.05) is 0 Å². The molecule has 0 amide bonds. The van der Waals surface area contributed by atoms with Gasteiger partial charge in [-0.15, -0.1) is 0 Å². The molecule has 0 aliphatic heterocycles. The molecule has 0 heterocycles. The fourth-order valence-electron chi connectivity index (χ4n) is 8.81. The molecular weight excluding hydrogens is 689 g/mol. The molecule has 0 unspecified atom stereocenters. The summed E-state index contributed by atoms with van der Waals surface area (Å²) < 4.78 is 0. The first kappa shape index (κ1) is 35.3. The van der Waals surface area contributed by atoms with Gasteiger partial charge in [-0.25, -0.2) is 0 Å². The lowest BCUT2D eigenvalue weighted by Crippen LogP contribution is -2.28. The van der Waals surface area contributed by atoms with Crippen LogP contribution in [0.2, 0.25) is 0 Å². The number of allylic oxidation sites excluding steroid dienone is 6. The van der Waals surface area contributed by atoms with Gasteiger partial charge in [-0.05, 0) is 107 Å². The molecule has 0 aromatic heterocycles. The van der Waals surface area contributed by atoms with Gasteiger partial charge in [0.05, 0.1) is 16.8 Å². The first-order valence-corrected chi connectivity index (χ1v) is 19.2. The molecule has 8 aromatic carbocycles. The second-order valence-corrected chi connectivity index (χ2v) is 14.5. The lowest BCUT2D eigenvalue weighted by Gasteiger charge is -2.34. The fraction of sp³-hybridized carbons (Fsp3) is 0.0182. The van der Waals surface area contributed by atoms with Crippen molar-refractivity contribution in [1.82, 2.24) is 0 Å². The lowest BCUT2D eigenvalue weighted by molar-refractivity contribution is 0.769. The van der Waals surface area contributed by atoms with Crippen molar-refractivity contribution in [2.24, 2.45) is 0 Å². The highest BCUT2D eigenvalue weighted by Crippen LogP contribution is 2.57. The van der Waals surface area contributed by atoms with Crippen molar-refractivity contribution in [3.63, 3.8) is 0 Å². The van der Waals surface area contributed by atoms with E-state index in [2.05, 4.69) is 183 Å². The van der Waals surface area contributed by atoms with E-state index >= 15 is 0 Å². The molecule has 0 bridgehead atoms. The summed E-state index contributed by atoms with van der Waals surface area (Å²) in [6.45, 7) is 7.76.